The number of carbonyl (C=O) groups excluding carboxylic acids is 1. The van der Waals surface area contributed by atoms with Crippen LogP contribution in [-0.4, -0.2) is 16.8 Å². The van der Waals surface area contributed by atoms with Crippen LogP contribution in [0.5, 0.6) is 0 Å². The van der Waals surface area contributed by atoms with Gasteiger partial charge in [-0.1, -0.05) is 48.5 Å². The number of thiocarbonyl (C=S) groups is 1. The SMILES string of the molecule is O=C(CSc1ccccc1)NNC(=S)NCc1ccccc1. The highest BCUT2D eigenvalue weighted by atomic mass is 32.2. The van der Waals surface area contributed by atoms with Gasteiger partial charge in [0.25, 0.3) is 0 Å². The number of thioether (sulfide) groups is 1. The van der Waals surface area contributed by atoms with Gasteiger partial charge < -0.3 is 5.32 Å². The van der Waals surface area contributed by atoms with Crippen LogP contribution < -0.4 is 16.2 Å². The third-order valence-corrected chi connectivity index (χ3v) is 3.98. The summed E-state index contributed by atoms with van der Waals surface area (Å²) in [5.41, 5.74) is 6.39. The van der Waals surface area contributed by atoms with E-state index in [1.165, 1.54) is 11.8 Å². The van der Waals surface area contributed by atoms with Gasteiger partial charge in [-0.05, 0) is 29.9 Å². The Morgan fingerprint density at radius 1 is 0.955 bits per heavy atom. The van der Waals surface area contributed by atoms with E-state index in [-0.39, 0.29) is 5.91 Å². The molecule has 0 radical (unpaired) electrons. The summed E-state index contributed by atoms with van der Waals surface area (Å²) in [6.07, 6.45) is 0. The second-order valence-electron chi connectivity index (χ2n) is 4.44. The highest BCUT2D eigenvalue weighted by Crippen LogP contribution is 2.15. The number of benzene rings is 2. The van der Waals surface area contributed by atoms with Crippen molar-refractivity contribution in [3.63, 3.8) is 0 Å². The zero-order valence-corrected chi connectivity index (χ0v) is 13.5. The van der Waals surface area contributed by atoms with Crippen molar-refractivity contribution in [3.8, 4) is 0 Å². The molecule has 0 aliphatic heterocycles. The number of nitrogens with one attached hydrogen (secondary N) is 3. The average molecular weight is 331 g/mol. The van der Waals surface area contributed by atoms with Crippen molar-refractivity contribution >= 4 is 35.0 Å². The molecule has 114 valence electrons. The first kappa shape index (κ1) is 16.3. The molecular weight excluding hydrogens is 314 g/mol. The van der Waals surface area contributed by atoms with E-state index in [1.807, 2.05) is 60.7 Å². The Kier molecular flexibility index (Phi) is 6.73. The highest BCUT2D eigenvalue weighted by Gasteiger charge is 2.03. The molecule has 2 aromatic carbocycles. The van der Waals surface area contributed by atoms with Crippen LogP contribution in [0.4, 0.5) is 0 Å². The Labute approximate surface area is 139 Å². The summed E-state index contributed by atoms with van der Waals surface area (Å²) in [6.45, 7) is 0.612. The molecule has 22 heavy (non-hydrogen) atoms. The summed E-state index contributed by atoms with van der Waals surface area (Å²) in [7, 11) is 0. The summed E-state index contributed by atoms with van der Waals surface area (Å²) < 4.78 is 0. The first-order chi connectivity index (χ1) is 10.7. The predicted molar refractivity (Wildman–Crippen MR) is 94.3 cm³/mol. The molecule has 0 aromatic heterocycles. The minimum absolute atomic E-state index is 0.127. The molecule has 6 heteroatoms. The lowest BCUT2D eigenvalue weighted by Crippen LogP contribution is -2.47. The smallest absolute Gasteiger partial charge is 0.248 e. The van der Waals surface area contributed by atoms with E-state index in [9.17, 15) is 4.79 Å². The van der Waals surface area contributed by atoms with Gasteiger partial charge in [-0.3, -0.25) is 15.6 Å². The van der Waals surface area contributed by atoms with E-state index >= 15 is 0 Å². The van der Waals surface area contributed by atoms with Crippen LogP contribution in [-0.2, 0) is 11.3 Å². The minimum Gasteiger partial charge on any atom is -0.357 e. The summed E-state index contributed by atoms with van der Waals surface area (Å²) in [6, 6.07) is 19.7. The third-order valence-electron chi connectivity index (χ3n) is 2.72. The van der Waals surface area contributed by atoms with E-state index in [1.54, 1.807) is 0 Å². The zero-order valence-electron chi connectivity index (χ0n) is 11.9. The van der Waals surface area contributed by atoms with Gasteiger partial charge >= 0.3 is 0 Å². The van der Waals surface area contributed by atoms with Crippen LogP contribution in [0, 0.1) is 0 Å². The number of hydrogen-bond donors (Lipinski definition) is 3. The van der Waals surface area contributed by atoms with Crippen molar-refractivity contribution in [3.05, 3.63) is 66.2 Å². The van der Waals surface area contributed by atoms with Crippen molar-refractivity contribution in [2.45, 2.75) is 11.4 Å². The average Bonchev–Trinajstić information content (AvgIpc) is 2.58. The monoisotopic (exact) mass is 331 g/mol. The first-order valence-electron chi connectivity index (χ1n) is 6.78. The van der Waals surface area contributed by atoms with Crippen molar-refractivity contribution in [1.29, 1.82) is 0 Å². The Bertz CT molecular complexity index is 550. The van der Waals surface area contributed by atoms with Crippen molar-refractivity contribution in [2.24, 2.45) is 0 Å². The molecule has 0 saturated heterocycles. The van der Waals surface area contributed by atoms with E-state index < -0.39 is 0 Å². The van der Waals surface area contributed by atoms with Crippen molar-refractivity contribution in [2.75, 3.05) is 5.75 Å². The fourth-order valence-electron chi connectivity index (χ4n) is 1.65. The summed E-state index contributed by atoms with van der Waals surface area (Å²) >= 11 is 6.58. The quantitative estimate of drug-likeness (QED) is 0.446. The zero-order chi connectivity index (χ0) is 15.6. The lowest BCUT2D eigenvalue weighted by atomic mass is 10.2. The third kappa shape index (κ3) is 6.15. The summed E-state index contributed by atoms with van der Waals surface area (Å²) in [5.74, 6) is 0.205. The van der Waals surface area contributed by atoms with Crippen molar-refractivity contribution in [1.82, 2.24) is 16.2 Å². The van der Waals surface area contributed by atoms with Crippen LogP contribution in [0.2, 0.25) is 0 Å². The van der Waals surface area contributed by atoms with Gasteiger partial charge in [-0.15, -0.1) is 11.8 Å². The van der Waals surface area contributed by atoms with Gasteiger partial charge in [0.2, 0.25) is 5.91 Å². The van der Waals surface area contributed by atoms with Crippen LogP contribution in [0.3, 0.4) is 0 Å². The topological polar surface area (TPSA) is 53.2 Å². The van der Waals surface area contributed by atoms with Gasteiger partial charge in [-0.2, -0.15) is 0 Å². The minimum atomic E-state index is -0.127. The normalized spacial score (nSPS) is 9.82. The van der Waals surface area contributed by atoms with Crippen LogP contribution >= 0.6 is 24.0 Å². The highest BCUT2D eigenvalue weighted by molar-refractivity contribution is 8.00. The number of rotatable bonds is 5. The van der Waals surface area contributed by atoms with Gasteiger partial charge in [-0.25, -0.2) is 0 Å². The second kappa shape index (κ2) is 9.07. The molecule has 0 aliphatic rings. The number of amides is 1. The lowest BCUT2D eigenvalue weighted by molar-refractivity contribution is -0.119. The molecule has 0 bridgehead atoms. The fraction of sp³-hybridized carbons (Fsp3) is 0.125. The van der Waals surface area contributed by atoms with E-state index in [2.05, 4.69) is 16.2 Å². The molecule has 4 nitrogen and oxygen atoms in total. The summed E-state index contributed by atoms with van der Waals surface area (Å²) in [5, 5.41) is 3.42. The fourth-order valence-corrected chi connectivity index (χ4v) is 2.49. The first-order valence-corrected chi connectivity index (χ1v) is 8.18. The van der Waals surface area contributed by atoms with Gasteiger partial charge in [0.1, 0.15) is 0 Å². The molecular formula is C16H17N3OS2. The Hall–Kier alpha value is -2.05. The van der Waals surface area contributed by atoms with Crippen LogP contribution in [0.15, 0.2) is 65.6 Å². The molecule has 0 fully saturated rings. The molecule has 0 aliphatic carbocycles. The molecule has 1 amide bonds. The number of carbonyl (C=O) groups is 1. The van der Waals surface area contributed by atoms with E-state index in [0.29, 0.717) is 17.4 Å². The summed E-state index contributed by atoms with van der Waals surface area (Å²) in [4.78, 5) is 12.8. The molecule has 0 heterocycles. The van der Waals surface area contributed by atoms with Gasteiger partial charge in [0.15, 0.2) is 5.11 Å². The number of hydrogen-bond acceptors (Lipinski definition) is 3. The van der Waals surface area contributed by atoms with Crippen LogP contribution in [0.1, 0.15) is 5.56 Å². The largest absolute Gasteiger partial charge is 0.357 e. The maximum absolute atomic E-state index is 11.7. The molecule has 0 unspecified atom stereocenters. The van der Waals surface area contributed by atoms with Crippen molar-refractivity contribution < 1.29 is 4.79 Å². The number of hydrazine groups is 1. The van der Waals surface area contributed by atoms with Gasteiger partial charge in [0, 0.05) is 11.4 Å². The standard InChI is InChI=1S/C16H17N3OS2/c20-15(12-22-14-9-5-2-6-10-14)18-19-16(21)17-11-13-7-3-1-4-8-13/h1-10H,11-12H2,(H,18,20)(H2,17,19,21). The maximum atomic E-state index is 11.7. The van der Waals surface area contributed by atoms with Crippen LogP contribution in [0.25, 0.3) is 0 Å². The molecule has 2 aromatic rings. The Morgan fingerprint density at radius 3 is 2.27 bits per heavy atom. The molecule has 0 spiro atoms. The lowest BCUT2D eigenvalue weighted by Gasteiger charge is -2.11. The van der Waals surface area contributed by atoms with Gasteiger partial charge in [0.05, 0.1) is 5.75 Å². The van der Waals surface area contributed by atoms with E-state index in [0.717, 1.165) is 10.5 Å². The maximum Gasteiger partial charge on any atom is 0.248 e. The molecule has 0 atom stereocenters. The molecule has 2 rings (SSSR count). The molecule has 3 N–H and O–H groups in total. The Morgan fingerprint density at radius 2 is 1.59 bits per heavy atom. The van der Waals surface area contributed by atoms with E-state index in [4.69, 9.17) is 12.2 Å². The molecule has 0 saturated carbocycles. The predicted octanol–water partition coefficient (Wildman–Crippen LogP) is 2.47. The Balaban J connectivity index is 1.62. The second-order valence-corrected chi connectivity index (χ2v) is 5.90.